The zero-order chi connectivity index (χ0) is 13.2. The second-order valence-corrected chi connectivity index (χ2v) is 5.70. The van der Waals surface area contributed by atoms with Gasteiger partial charge in [-0.25, -0.2) is 0 Å². The number of aromatic nitrogens is 2. The molecule has 1 saturated heterocycles. The van der Waals surface area contributed by atoms with Crippen LogP contribution >= 0.6 is 0 Å². The first-order valence-electron chi connectivity index (χ1n) is 7.04. The highest BCUT2D eigenvalue weighted by Gasteiger charge is 2.37. The summed E-state index contributed by atoms with van der Waals surface area (Å²) in [6.07, 6.45) is 6.82. The van der Waals surface area contributed by atoms with Crippen LogP contribution in [0.4, 0.5) is 0 Å². The Morgan fingerprint density at radius 3 is 2.56 bits per heavy atom. The molecule has 1 aliphatic rings. The molecular weight excluding hydrogens is 224 g/mol. The van der Waals surface area contributed by atoms with Crippen molar-refractivity contribution in [2.75, 3.05) is 20.1 Å². The molecule has 102 valence electrons. The second kappa shape index (κ2) is 5.41. The van der Waals surface area contributed by atoms with E-state index in [2.05, 4.69) is 42.3 Å². The van der Waals surface area contributed by atoms with Gasteiger partial charge in [0.2, 0.25) is 0 Å². The normalized spacial score (nSPS) is 19.3. The fourth-order valence-electron chi connectivity index (χ4n) is 3.11. The Balaban J connectivity index is 2.20. The van der Waals surface area contributed by atoms with Gasteiger partial charge in [-0.1, -0.05) is 0 Å². The summed E-state index contributed by atoms with van der Waals surface area (Å²) in [5.41, 5.74) is 1.42. The van der Waals surface area contributed by atoms with Crippen molar-refractivity contribution in [2.45, 2.75) is 51.7 Å². The zero-order valence-electron chi connectivity index (χ0n) is 12.1. The summed E-state index contributed by atoms with van der Waals surface area (Å²) in [6, 6.07) is 0.330. The minimum Gasteiger partial charge on any atom is -0.311 e. The van der Waals surface area contributed by atoms with Crippen molar-refractivity contribution < 1.29 is 0 Å². The highest BCUT2D eigenvalue weighted by atomic mass is 15.3. The fraction of sp³-hybridized carbons (Fsp3) is 0.786. The zero-order valence-corrected chi connectivity index (χ0v) is 12.1. The quantitative estimate of drug-likeness (QED) is 0.868. The summed E-state index contributed by atoms with van der Waals surface area (Å²) in [5.74, 6) is 0. The third-order valence-corrected chi connectivity index (χ3v) is 4.23. The molecule has 18 heavy (non-hydrogen) atoms. The van der Waals surface area contributed by atoms with Crippen LogP contribution in [-0.4, -0.2) is 40.4 Å². The van der Waals surface area contributed by atoms with Crippen molar-refractivity contribution in [1.82, 2.24) is 20.0 Å². The maximum atomic E-state index is 4.40. The molecule has 0 radical (unpaired) electrons. The van der Waals surface area contributed by atoms with E-state index in [-0.39, 0.29) is 5.54 Å². The van der Waals surface area contributed by atoms with E-state index in [1.165, 1.54) is 31.5 Å². The summed E-state index contributed by atoms with van der Waals surface area (Å²) in [5, 5.41) is 7.88. The van der Waals surface area contributed by atoms with Crippen LogP contribution in [0.5, 0.6) is 0 Å². The Morgan fingerprint density at radius 2 is 2.06 bits per heavy atom. The number of hydrogen-bond acceptors (Lipinski definition) is 3. The number of likely N-dealkylation sites (N-methyl/N-ethyl adjacent to an activating group) is 1. The first-order chi connectivity index (χ1) is 8.59. The molecule has 4 heteroatoms. The molecule has 1 fully saturated rings. The lowest BCUT2D eigenvalue weighted by atomic mass is 9.88. The Bertz CT molecular complexity index is 377. The number of aryl methyl sites for hydroxylation is 1. The van der Waals surface area contributed by atoms with E-state index >= 15 is 0 Å². The van der Waals surface area contributed by atoms with Crippen LogP contribution in [0.3, 0.4) is 0 Å². The molecule has 0 aromatic carbocycles. The molecule has 1 aromatic heterocycles. The molecule has 4 nitrogen and oxygen atoms in total. The van der Waals surface area contributed by atoms with Crippen LogP contribution in [0.2, 0.25) is 0 Å². The Kier molecular flexibility index (Phi) is 4.07. The van der Waals surface area contributed by atoms with E-state index in [0.29, 0.717) is 6.04 Å². The van der Waals surface area contributed by atoms with Gasteiger partial charge in [-0.2, -0.15) is 5.10 Å². The van der Waals surface area contributed by atoms with E-state index in [4.69, 9.17) is 0 Å². The van der Waals surface area contributed by atoms with E-state index in [9.17, 15) is 0 Å². The summed E-state index contributed by atoms with van der Waals surface area (Å²) in [4.78, 5) is 2.59. The lowest BCUT2D eigenvalue weighted by Gasteiger charge is -2.41. The minimum absolute atomic E-state index is 0.132. The van der Waals surface area contributed by atoms with Crippen LogP contribution in [-0.2, 0) is 6.54 Å². The molecule has 0 bridgehead atoms. The number of nitrogens with one attached hydrogen (secondary N) is 1. The van der Waals surface area contributed by atoms with Crippen LogP contribution in [0, 0.1) is 0 Å². The van der Waals surface area contributed by atoms with Crippen LogP contribution in [0.15, 0.2) is 12.4 Å². The molecule has 1 atom stereocenters. The SMILES string of the molecule is CCn1cc(C(NC)C(C)(C)N2CCCC2)cn1. The van der Waals surface area contributed by atoms with Crippen LogP contribution in [0.1, 0.15) is 45.2 Å². The fourth-order valence-corrected chi connectivity index (χ4v) is 3.11. The van der Waals surface area contributed by atoms with Gasteiger partial charge in [-0.3, -0.25) is 9.58 Å². The molecule has 0 spiro atoms. The highest BCUT2D eigenvalue weighted by molar-refractivity contribution is 5.16. The molecular formula is C14H26N4. The smallest absolute Gasteiger partial charge is 0.0538 e. The summed E-state index contributed by atoms with van der Waals surface area (Å²) < 4.78 is 2.00. The summed E-state index contributed by atoms with van der Waals surface area (Å²) in [7, 11) is 2.05. The van der Waals surface area contributed by atoms with E-state index < -0.39 is 0 Å². The monoisotopic (exact) mass is 250 g/mol. The van der Waals surface area contributed by atoms with Crippen molar-refractivity contribution in [3.63, 3.8) is 0 Å². The Hall–Kier alpha value is -0.870. The maximum absolute atomic E-state index is 4.40. The number of likely N-dealkylation sites (tertiary alicyclic amines) is 1. The summed E-state index contributed by atoms with van der Waals surface area (Å²) >= 11 is 0. The highest BCUT2D eigenvalue weighted by Crippen LogP contribution is 2.33. The number of hydrogen-bond donors (Lipinski definition) is 1. The summed E-state index contributed by atoms with van der Waals surface area (Å²) in [6.45, 7) is 10.2. The molecule has 2 heterocycles. The van der Waals surface area contributed by atoms with Gasteiger partial charge in [-0.05, 0) is 53.8 Å². The van der Waals surface area contributed by atoms with Gasteiger partial charge >= 0.3 is 0 Å². The largest absolute Gasteiger partial charge is 0.311 e. The Morgan fingerprint density at radius 1 is 1.39 bits per heavy atom. The second-order valence-electron chi connectivity index (χ2n) is 5.70. The Labute approximate surface area is 110 Å². The van der Waals surface area contributed by atoms with Gasteiger partial charge < -0.3 is 5.32 Å². The lowest BCUT2D eigenvalue weighted by Crippen LogP contribution is -2.50. The van der Waals surface area contributed by atoms with Gasteiger partial charge in [0.15, 0.2) is 0 Å². The van der Waals surface area contributed by atoms with E-state index in [0.717, 1.165) is 6.54 Å². The van der Waals surface area contributed by atoms with Crippen LogP contribution < -0.4 is 5.32 Å². The van der Waals surface area contributed by atoms with Crippen molar-refractivity contribution in [3.8, 4) is 0 Å². The number of nitrogens with zero attached hydrogens (tertiary/aromatic N) is 3. The van der Waals surface area contributed by atoms with Gasteiger partial charge in [-0.15, -0.1) is 0 Å². The third kappa shape index (κ3) is 2.45. The third-order valence-electron chi connectivity index (χ3n) is 4.23. The molecule has 0 saturated carbocycles. The predicted octanol–water partition coefficient (Wildman–Crippen LogP) is 2.04. The first-order valence-corrected chi connectivity index (χ1v) is 7.04. The van der Waals surface area contributed by atoms with Gasteiger partial charge in [0.05, 0.1) is 12.2 Å². The maximum Gasteiger partial charge on any atom is 0.0538 e. The predicted molar refractivity (Wildman–Crippen MR) is 74.6 cm³/mol. The average molecular weight is 250 g/mol. The molecule has 2 rings (SSSR count). The van der Waals surface area contributed by atoms with Crippen molar-refractivity contribution in [2.24, 2.45) is 0 Å². The minimum atomic E-state index is 0.132. The standard InChI is InChI=1S/C14H26N4/c1-5-18-11-12(10-16-18)13(15-4)14(2,3)17-8-6-7-9-17/h10-11,13,15H,5-9H2,1-4H3. The van der Waals surface area contributed by atoms with Gasteiger partial charge in [0.1, 0.15) is 0 Å². The molecule has 0 amide bonds. The first kappa shape index (κ1) is 13.6. The lowest BCUT2D eigenvalue weighted by molar-refractivity contribution is 0.110. The van der Waals surface area contributed by atoms with Gasteiger partial charge in [0.25, 0.3) is 0 Å². The molecule has 1 aromatic rings. The topological polar surface area (TPSA) is 33.1 Å². The van der Waals surface area contributed by atoms with E-state index in [1.807, 2.05) is 17.9 Å². The molecule has 1 N–H and O–H groups in total. The van der Waals surface area contributed by atoms with Gasteiger partial charge in [0, 0.05) is 23.8 Å². The average Bonchev–Trinajstić information content (AvgIpc) is 3.01. The van der Waals surface area contributed by atoms with Crippen molar-refractivity contribution in [1.29, 1.82) is 0 Å². The molecule has 0 aliphatic carbocycles. The molecule has 1 aliphatic heterocycles. The molecule has 1 unspecified atom stereocenters. The van der Waals surface area contributed by atoms with E-state index in [1.54, 1.807) is 0 Å². The van der Waals surface area contributed by atoms with Crippen LogP contribution in [0.25, 0.3) is 0 Å². The number of rotatable bonds is 5. The van der Waals surface area contributed by atoms with Crippen molar-refractivity contribution >= 4 is 0 Å². The van der Waals surface area contributed by atoms with Crippen molar-refractivity contribution in [3.05, 3.63) is 18.0 Å².